The first kappa shape index (κ1) is 20.4. The van der Waals surface area contributed by atoms with Crippen molar-refractivity contribution in [1.82, 2.24) is 20.2 Å². The van der Waals surface area contributed by atoms with Gasteiger partial charge in [-0.1, -0.05) is 42.8 Å². The number of imide groups is 1. The Morgan fingerprint density at radius 3 is 2.47 bits per heavy atom. The van der Waals surface area contributed by atoms with E-state index >= 15 is 0 Å². The SMILES string of the molecule is O=C(CSc1nnnn1C1CCCC1)Nc1cccc(N2C(=O)c3ccccc3C2=O)c1. The second kappa shape index (κ2) is 8.54. The molecule has 0 atom stereocenters. The third-order valence-electron chi connectivity index (χ3n) is 5.65. The molecule has 5 rings (SSSR count). The number of carbonyl (C=O) groups excluding carboxylic acids is 3. The zero-order valence-corrected chi connectivity index (χ0v) is 17.9. The highest BCUT2D eigenvalue weighted by molar-refractivity contribution is 7.99. The summed E-state index contributed by atoms with van der Waals surface area (Å²) in [6.07, 6.45) is 4.43. The summed E-state index contributed by atoms with van der Waals surface area (Å²) < 4.78 is 1.81. The first-order chi connectivity index (χ1) is 15.6. The van der Waals surface area contributed by atoms with Crippen LogP contribution in [0.5, 0.6) is 0 Å². The van der Waals surface area contributed by atoms with Crippen molar-refractivity contribution in [3.63, 3.8) is 0 Å². The Morgan fingerprint density at radius 2 is 1.75 bits per heavy atom. The first-order valence-corrected chi connectivity index (χ1v) is 11.4. The fraction of sp³-hybridized carbons (Fsp3) is 0.273. The van der Waals surface area contributed by atoms with Gasteiger partial charge in [0.05, 0.1) is 28.6 Å². The van der Waals surface area contributed by atoms with Gasteiger partial charge in [-0.3, -0.25) is 14.4 Å². The summed E-state index contributed by atoms with van der Waals surface area (Å²) in [6, 6.07) is 13.7. The second-order valence-electron chi connectivity index (χ2n) is 7.72. The van der Waals surface area contributed by atoms with Crippen LogP contribution in [-0.2, 0) is 4.79 Å². The van der Waals surface area contributed by atoms with Crippen LogP contribution >= 0.6 is 11.8 Å². The molecular weight excluding hydrogens is 428 g/mol. The zero-order chi connectivity index (χ0) is 22.1. The molecule has 1 saturated carbocycles. The van der Waals surface area contributed by atoms with E-state index < -0.39 is 0 Å². The van der Waals surface area contributed by atoms with E-state index in [1.54, 1.807) is 48.5 Å². The van der Waals surface area contributed by atoms with Crippen molar-refractivity contribution in [2.24, 2.45) is 0 Å². The third-order valence-corrected chi connectivity index (χ3v) is 6.58. The van der Waals surface area contributed by atoms with Gasteiger partial charge in [0.25, 0.3) is 11.8 Å². The van der Waals surface area contributed by atoms with E-state index in [4.69, 9.17) is 0 Å². The Morgan fingerprint density at radius 1 is 1.03 bits per heavy atom. The number of amides is 3. The Labute approximate surface area is 188 Å². The number of anilines is 2. The van der Waals surface area contributed by atoms with Gasteiger partial charge in [0.1, 0.15) is 0 Å². The molecule has 3 aromatic rings. The van der Waals surface area contributed by atoms with Gasteiger partial charge in [-0.25, -0.2) is 9.58 Å². The molecule has 0 saturated heterocycles. The smallest absolute Gasteiger partial charge is 0.266 e. The van der Waals surface area contributed by atoms with Crippen molar-refractivity contribution in [1.29, 1.82) is 0 Å². The molecule has 0 spiro atoms. The quantitative estimate of drug-likeness (QED) is 0.455. The number of hydrogen-bond acceptors (Lipinski definition) is 7. The normalized spacial score (nSPS) is 15.9. The number of hydrogen-bond donors (Lipinski definition) is 1. The van der Waals surface area contributed by atoms with Crippen LogP contribution in [0.1, 0.15) is 52.4 Å². The van der Waals surface area contributed by atoms with Crippen LogP contribution in [0.4, 0.5) is 11.4 Å². The molecular formula is C22H20N6O3S. The van der Waals surface area contributed by atoms with Gasteiger partial charge in [-0.15, -0.1) is 5.10 Å². The highest BCUT2D eigenvalue weighted by Crippen LogP contribution is 2.32. The molecule has 0 radical (unpaired) electrons. The monoisotopic (exact) mass is 448 g/mol. The minimum Gasteiger partial charge on any atom is -0.325 e. The predicted molar refractivity (Wildman–Crippen MR) is 119 cm³/mol. The molecule has 1 aliphatic heterocycles. The van der Waals surface area contributed by atoms with E-state index in [1.807, 2.05) is 4.68 Å². The third kappa shape index (κ3) is 3.77. The number of fused-ring (bicyclic) bond motifs is 1. The van der Waals surface area contributed by atoms with Crippen LogP contribution in [0.15, 0.2) is 53.7 Å². The van der Waals surface area contributed by atoms with Crippen molar-refractivity contribution >= 4 is 40.9 Å². The molecule has 2 aliphatic rings. The fourth-order valence-corrected chi connectivity index (χ4v) is 4.88. The lowest BCUT2D eigenvalue weighted by atomic mass is 10.1. The molecule has 1 fully saturated rings. The topological polar surface area (TPSA) is 110 Å². The molecule has 9 nitrogen and oxygen atoms in total. The molecule has 1 aliphatic carbocycles. The van der Waals surface area contributed by atoms with Gasteiger partial charge in [0.15, 0.2) is 0 Å². The average Bonchev–Trinajstić information content (AvgIpc) is 3.53. The van der Waals surface area contributed by atoms with E-state index in [9.17, 15) is 14.4 Å². The summed E-state index contributed by atoms with van der Waals surface area (Å²) in [5.41, 5.74) is 1.67. The average molecular weight is 449 g/mol. The van der Waals surface area contributed by atoms with E-state index in [0.717, 1.165) is 17.7 Å². The number of carbonyl (C=O) groups is 3. The van der Waals surface area contributed by atoms with Crippen molar-refractivity contribution in [2.45, 2.75) is 36.9 Å². The molecule has 3 amide bonds. The summed E-state index contributed by atoms with van der Waals surface area (Å²) in [5, 5.41) is 15.3. The number of tetrazole rings is 1. The van der Waals surface area contributed by atoms with Crippen LogP contribution in [0, 0.1) is 0 Å². The van der Waals surface area contributed by atoms with Crippen molar-refractivity contribution in [3.8, 4) is 0 Å². The number of benzene rings is 2. The highest BCUT2D eigenvalue weighted by Gasteiger charge is 2.36. The minimum atomic E-state index is -0.372. The van der Waals surface area contributed by atoms with Crippen molar-refractivity contribution < 1.29 is 14.4 Å². The summed E-state index contributed by atoms with van der Waals surface area (Å²) >= 11 is 1.29. The molecule has 2 aromatic carbocycles. The summed E-state index contributed by atoms with van der Waals surface area (Å²) in [5.74, 6) is -0.827. The summed E-state index contributed by atoms with van der Waals surface area (Å²) in [6.45, 7) is 0. The molecule has 1 N–H and O–H groups in total. The van der Waals surface area contributed by atoms with Crippen molar-refractivity contribution in [2.75, 3.05) is 16.0 Å². The molecule has 0 unspecified atom stereocenters. The molecule has 0 bridgehead atoms. The number of rotatable bonds is 6. The van der Waals surface area contributed by atoms with Crippen molar-refractivity contribution in [3.05, 3.63) is 59.7 Å². The Kier molecular flexibility index (Phi) is 5.44. The van der Waals surface area contributed by atoms with Gasteiger partial charge in [-0.2, -0.15) is 0 Å². The maximum absolute atomic E-state index is 12.7. The van der Waals surface area contributed by atoms with Crippen LogP contribution in [0.25, 0.3) is 0 Å². The molecule has 2 heterocycles. The van der Waals surface area contributed by atoms with Gasteiger partial charge in [0, 0.05) is 5.69 Å². The maximum Gasteiger partial charge on any atom is 0.266 e. The van der Waals surface area contributed by atoms with Gasteiger partial charge in [0.2, 0.25) is 11.1 Å². The van der Waals surface area contributed by atoms with Crippen LogP contribution in [0.3, 0.4) is 0 Å². The number of aromatic nitrogens is 4. The molecule has 1 aromatic heterocycles. The lowest BCUT2D eigenvalue weighted by Crippen LogP contribution is -2.29. The van der Waals surface area contributed by atoms with E-state index in [1.165, 1.54) is 24.6 Å². The summed E-state index contributed by atoms with van der Waals surface area (Å²) in [7, 11) is 0. The van der Waals surface area contributed by atoms with Crippen LogP contribution in [0.2, 0.25) is 0 Å². The van der Waals surface area contributed by atoms with Crippen LogP contribution in [-0.4, -0.2) is 43.7 Å². The molecule has 32 heavy (non-hydrogen) atoms. The van der Waals surface area contributed by atoms with Gasteiger partial charge < -0.3 is 5.32 Å². The van der Waals surface area contributed by atoms with Gasteiger partial charge in [-0.05, 0) is 53.6 Å². The van der Waals surface area contributed by atoms with E-state index in [2.05, 4.69) is 20.8 Å². The standard InChI is InChI=1S/C22H20N6O3S/c29-19(13-32-22-24-25-26-28(22)15-7-1-2-8-15)23-14-6-5-9-16(12-14)27-20(30)17-10-3-4-11-18(17)21(27)31/h3-6,9-12,15H,1-2,7-8,13H2,(H,23,29). The maximum atomic E-state index is 12.7. The number of thioether (sulfide) groups is 1. The summed E-state index contributed by atoms with van der Waals surface area (Å²) in [4.78, 5) is 39.1. The van der Waals surface area contributed by atoms with E-state index in [0.29, 0.717) is 33.7 Å². The fourth-order valence-electron chi connectivity index (χ4n) is 4.13. The highest BCUT2D eigenvalue weighted by atomic mass is 32.2. The molecule has 10 heteroatoms. The van der Waals surface area contributed by atoms with Crippen LogP contribution < -0.4 is 10.2 Å². The number of nitrogens with zero attached hydrogens (tertiary/aromatic N) is 5. The molecule has 162 valence electrons. The lowest BCUT2D eigenvalue weighted by molar-refractivity contribution is -0.113. The number of nitrogens with one attached hydrogen (secondary N) is 1. The first-order valence-electron chi connectivity index (χ1n) is 10.4. The van der Waals surface area contributed by atoms with Gasteiger partial charge >= 0.3 is 0 Å². The lowest BCUT2D eigenvalue weighted by Gasteiger charge is -2.15. The zero-order valence-electron chi connectivity index (χ0n) is 17.1. The predicted octanol–water partition coefficient (Wildman–Crippen LogP) is 3.32. The minimum absolute atomic E-state index is 0.143. The van der Waals surface area contributed by atoms with E-state index in [-0.39, 0.29) is 23.5 Å². The second-order valence-corrected chi connectivity index (χ2v) is 8.67. The Bertz CT molecular complexity index is 1170. The Hall–Kier alpha value is -3.53. The Balaban J connectivity index is 1.25. The largest absolute Gasteiger partial charge is 0.325 e.